The van der Waals surface area contributed by atoms with E-state index in [1.54, 1.807) is 17.7 Å². The Morgan fingerprint density at radius 1 is 1.46 bits per heavy atom. The molecule has 0 atom stereocenters. The average molecular weight is 374 g/mol. The molecule has 0 aromatic carbocycles. The van der Waals surface area contributed by atoms with Crippen LogP contribution in [0.1, 0.15) is 5.69 Å². The van der Waals surface area contributed by atoms with Crippen LogP contribution in [0.2, 0.25) is 10.2 Å². The third-order valence-electron chi connectivity index (χ3n) is 3.34. The Morgan fingerprint density at radius 2 is 2.21 bits per heavy atom. The molecular weight excluding hydrogens is 357 g/mol. The van der Waals surface area contributed by atoms with E-state index in [2.05, 4.69) is 20.7 Å². The van der Waals surface area contributed by atoms with Gasteiger partial charge in [0.2, 0.25) is 0 Å². The molecule has 0 bridgehead atoms. The Kier molecular flexibility index (Phi) is 6.04. The van der Waals surface area contributed by atoms with Crippen molar-refractivity contribution in [1.29, 1.82) is 0 Å². The molecule has 0 amide bonds. The first-order valence-electron chi connectivity index (χ1n) is 7.03. The van der Waals surface area contributed by atoms with E-state index in [1.165, 1.54) is 17.1 Å². The standard InChI is InChI=1S/C13H17Cl2N7O2/c1-16-13(18-6-9-5-11(14)12(15)20(9)2)17-3-4-21-8-10(7-19-21)22(23)24/h5,7-8H,3-4,6H2,1-2H3,(H2,16,17,18). The Labute approximate surface area is 148 Å². The van der Waals surface area contributed by atoms with Crippen LogP contribution in [0.25, 0.3) is 0 Å². The highest BCUT2D eigenvalue weighted by atomic mass is 35.5. The molecule has 11 heteroatoms. The van der Waals surface area contributed by atoms with Crippen molar-refractivity contribution in [3.63, 3.8) is 0 Å². The number of nitrogens with zero attached hydrogens (tertiary/aromatic N) is 5. The Hall–Kier alpha value is -2.26. The van der Waals surface area contributed by atoms with Crippen molar-refractivity contribution >= 4 is 34.8 Å². The molecule has 0 saturated carbocycles. The van der Waals surface area contributed by atoms with E-state index in [4.69, 9.17) is 23.2 Å². The van der Waals surface area contributed by atoms with Gasteiger partial charge in [0.25, 0.3) is 0 Å². The van der Waals surface area contributed by atoms with Crippen LogP contribution in [0.5, 0.6) is 0 Å². The minimum Gasteiger partial charge on any atom is -0.355 e. The lowest BCUT2D eigenvalue weighted by Gasteiger charge is -2.12. The van der Waals surface area contributed by atoms with Crippen LogP contribution in [0.4, 0.5) is 5.69 Å². The fraction of sp³-hybridized carbons (Fsp3) is 0.385. The Bertz CT molecular complexity index is 754. The molecule has 2 N–H and O–H groups in total. The third-order valence-corrected chi connectivity index (χ3v) is 4.18. The number of guanidine groups is 1. The number of hydrogen-bond acceptors (Lipinski definition) is 4. The maximum atomic E-state index is 10.6. The van der Waals surface area contributed by atoms with E-state index >= 15 is 0 Å². The minimum atomic E-state index is -0.479. The van der Waals surface area contributed by atoms with Crippen molar-refractivity contribution in [2.45, 2.75) is 13.1 Å². The molecule has 2 heterocycles. The second-order valence-corrected chi connectivity index (χ2v) is 5.67. The molecule has 9 nitrogen and oxygen atoms in total. The third kappa shape index (κ3) is 4.39. The zero-order chi connectivity index (χ0) is 17.7. The summed E-state index contributed by atoms with van der Waals surface area (Å²) < 4.78 is 3.28. The number of nitro groups is 1. The van der Waals surface area contributed by atoms with Gasteiger partial charge < -0.3 is 15.2 Å². The second-order valence-electron chi connectivity index (χ2n) is 4.90. The molecule has 0 unspecified atom stereocenters. The molecule has 2 aromatic rings. The molecule has 0 radical (unpaired) electrons. The van der Waals surface area contributed by atoms with Crippen molar-refractivity contribution in [3.8, 4) is 0 Å². The maximum Gasteiger partial charge on any atom is 0.306 e. The predicted octanol–water partition coefficient (Wildman–Crippen LogP) is 1.80. The van der Waals surface area contributed by atoms with E-state index in [0.29, 0.717) is 35.8 Å². The van der Waals surface area contributed by atoms with Crippen molar-refractivity contribution in [2.75, 3.05) is 13.6 Å². The fourth-order valence-electron chi connectivity index (χ4n) is 2.01. The van der Waals surface area contributed by atoms with Crippen molar-refractivity contribution in [2.24, 2.45) is 12.0 Å². The van der Waals surface area contributed by atoms with Crippen LogP contribution >= 0.6 is 23.2 Å². The van der Waals surface area contributed by atoms with Gasteiger partial charge in [-0.3, -0.25) is 19.8 Å². The van der Waals surface area contributed by atoms with Crippen LogP contribution in [-0.4, -0.2) is 38.8 Å². The molecular formula is C13H17Cl2N7O2. The molecule has 0 aliphatic rings. The molecule has 0 saturated heterocycles. The van der Waals surface area contributed by atoms with Gasteiger partial charge in [0.1, 0.15) is 17.5 Å². The molecule has 0 fully saturated rings. The number of halogens is 2. The molecule has 2 aromatic heterocycles. The number of rotatable bonds is 6. The monoisotopic (exact) mass is 373 g/mol. The van der Waals surface area contributed by atoms with Crippen molar-refractivity contribution < 1.29 is 4.92 Å². The smallest absolute Gasteiger partial charge is 0.306 e. The molecule has 0 spiro atoms. The lowest BCUT2D eigenvalue weighted by Crippen LogP contribution is -2.38. The van der Waals surface area contributed by atoms with Crippen LogP contribution < -0.4 is 10.6 Å². The van der Waals surface area contributed by atoms with E-state index in [0.717, 1.165) is 5.69 Å². The molecule has 130 valence electrons. The highest BCUT2D eigenvalue weighted by Gasteiger charge is 2.10. The van der Waals surface area contributed by atoms with Gasteiger partial charge in [-0.05, 0) is 6.07 Å². The van der Waals surface area contributed by atoms with Gasteiger partial charge in [0.15, 0.2) is 5.96 Å². The summed E-state index contributed by atoms with van der Waals surface area (Å²) >= 11 is 12.0. The van der Waals surface area contributed by atoms with Crippen LogP contribution in [0.3, 0.4) is 0 Å². The predicted molar refractivity (Wildman–Crippen MR) is 92.5 cm³/mol. The lowest BCUT2D eigenvalue weighted by molar-refractivity contribution is -0.385. The first-order chi connectivity index (χ1) is 11.4. The van der Waals surface area contributed by atoms with Crippen molar-refractivity contribution in [1.82, 2.24) is 25.0 Å². The lowest BCUT2D eigenvalue weighted by atomic mass is 10.4. The topological polar surface area (TPSA) is 102 Å². The summed E-state index contributed by atoms with van der Waals surface area (Å²) in [5, 5.41) is 21.7. The number of nitrogens with one attached hydrogen (secondary N) is 2. The van der Waals surface area contributed by atoms with Gasteiger partial charge in [-0.1, -0.05) is 23.2 Å². The van der Waals surface area contributed by atoms with Gasteiger partial charge in [-0.25, -0.2) is 0 Å². The highest BCUT2D eigenvalue weighted by molar-refractivity contribution is 6.41. The maximum absolute atomic E-state index is 10.6. The van der Waals surface area contributed by atoms with Gasteiger partial charge in [0, 0.05) is 26.3 Å². The summed E-state index contributed by atoms with van der Waals surface area (Å²) in [6, 6.07) is 1.78. The second kappa shape index (κ2) is 8.02. The summed E-state index contributed by atoms with van der Waals surface area (Å²) in [4.78, 5) is 14.2. The summed E-state index contributed by atoms with van der Waals surface area (Å²) in [5.41, 5.74) is 0.880. The van der Waals surface area contributed by atoms with Gasteiger partial charge in [-0.15, -0.1) is 0 Å². The zero-order valence-corrected chi connectivity index (χ0v) is 14.7. The van der Waals surface area contributed by atoms with E-state index in [-0.39, 0.29) is 5.69 Å². The fourth-order valence-corrected chi connectivity index (χ4v) is 2.43. The van der Waals surface area contributed by atoms with Crippen LogP contribution in [-0.2, 0) is 20.1 Å². The van der Waals surface area contributed by atoms with Crippen LogP contribution in [0, 0.1) is 10.1 Å². The molecule has 0 aliphatic heterocycles. The molecule has 2 rings (SSSR count). The summed E-state index contributed by atoms with van der Waals surface area (Å²) in [6.07, 6.45) is 2.60. The number of aromatic nitrogens is 3. The van der Waals surface area contributed by atoms with Gasteiger partial charge in [-0.2, -0.15) is 5.10 Å². The summed E-state index contributed by atoms with van der Waals surface area (Å²) in [6.45, 7) is 1.47. The highest BCUT2D eigenvalue weighted by Crippen LogP contribution is 2.24. The first kappa shape index (κ1) is 18.1. The largest absolute Gasteiger partial charge is 0.355 e. The normalized spacial score (nSPS) is 11.6. The van der Waals surface area contributed by atoms with Crippen LogP contribution in [0.15, 0.2) is 23.5 Å². The Morgan fingerprint density at radius 3 is 2.75 bits per heavy atom. The molecule has 0 aliphatic carbocycles. The summed E-state index contributed by atoms with van der Waals surface area (Å²) in [7, 11) is 3.48. The molecule has 24 heavy (non-hydrogen) atoms. The van der Waals surface area contributed by atoms with E-state index < -0.39 is 4.92 Å². The Balaban J connectivity index is 1.82. The number of aliphatic imine (C=N–C) groups is 1. The summed E-state index contributed by atoms with van der Waals surface area (Å²) in [5.74, 6) is 0.588. The number of hydrogen-bond donors (Lipinski definition) is 2. The van der Waals surface area contributed by atoms with E-state index in [9.17, 15) is 10.1 Å². The zero-order valence-electron chi connectivity index (χ0n) is 13.2. The van der Waals surface area contributed by atoms with Gasteiger partial charge in [0.05, 0.1) is 23.0 Å². The van der Waals surface area contributed by atoms with Gasteiger partial charge >= 0.3 is 5.69 Å². The first-order valence-corrected chi connectivity index (χ1v) is 7.79. The SMILES string of the molecule is CN=C(NCCn1cc([N+](=O)[O-])cn1)NCc1cc(Cl)c(Cl)n1C. The quantitative estimate of drug-likeness (QED) is 0.347. The van der Waals surface area contributed by atoms with E-state index in [1.807, 2.05) is 7.05 Å². The average Bonchev–Trinajstić information content (AvgIpc) is 3.12. The van der Waals surface area contributed by atoms with Crippen molar-refractivity contribution in [3.05, 3.63) is 44.4 Å². The minimum absolute atomic E-state index is 0.0324.